The molecule has 176 valence electrons. The molecule has 6 nitrogen and oxygen atoms in total. The molecule has 0 bridgehead atoms. The number of nitrogens with zero attached hydrogens (tertiary/aromatic N) is 1. The molecule has 1 heterocycles. The van der Waals surface area contributed by atoms with E-state index < -0.39 is 24.1 Å². The number of amides is 2. The number of nitrogens with one attached hydrogen (secondary N) is 2. The monoisotopic (exact) mass is 573 g/mol. The molecule has 1 unspecified atom stereocenters. The van der Waals surface area contributed by atoms with Crippen LogP contribution in [0.3, 0.4) is 0 Å². The Morgan fingerprint density at radius 2 is 1.85 bits per heavy atom. The number of benzene rings is 2. The van der Waals surface area contributed by atoms with Crippen LogP contribution in [0.1, 0.15) is 59.0 Å². The maximum absolute atomic E-state index is 13.9. The molecule has 0 saturated carbocycles. The third-order valence-electron chi connectivity index (χ3n) is 5.17. The van der Waals surface area contributed by atoms with E-state index in [1.807, 2.05) is 36.4 Å². The van der Waals surface area contributed by atoms with Gasteiger partial charge in [-0.15, -0.1) is 0 Å². The zero-order chi connectivity index (χ0) is 24.6. The fraction of sp³-hybridized carbons (Fsp3) is 0.348. The molecule has 2 aromatic carbocycles. The second kappa shape index (κ2) is 9.32. The highest BCUT2D eigenvalue weighted by Crippen LogP contribution is 2.48. The first-order valence-corrected chi connectivity index (χ1v) is 11.2. The van der Waals surface area contributed by atoms with Gasteiger partial charge in [0.15, 0.2) is 0 Å². The lowest BCUT2D eigenvalue weighted by Crippen LogP contribution is -2.42. The van der Waals surface area contributed by atoms with Crippen molar-refractivity contribution in [1.29, 1.82) is 0 Å². The average Bonchev–Trinajstić information content (AvgIpc) is 3.11. The number of hydrogen-bond donors (Lipinski definition) is 2. The van der Waals surface area contributed by atoms with Gasteiger partial charge in [0.25, 0.3) is 17.4 Å². The number of halogens is 4. The Bertz CT molecular complexity index is 1130. The van der Waals surface area contributed by atoms with Crippen LogP contribution in [-0.2, 0) is 10.4 Å². The molecule has 33 heavy (non-hydrogen) atoms. The van der Waals surface area contributed by atoms with Gasteiger partial charge in [0.2, 0.25) is 0 Å². The molecule has 1 aliphatic rings. The molecule has 0 aliphatic carbocycles. The van der Waals surface area contributed by atoms with Crippen LogP contribution < -0.4 is 10.6 Å². The molecule has 2 aromatic rings. The van der Waals surface area contributed by atoms with Crippen LogP contribution in [-0.4, -0.2) is 29.7 Å². The van der Waals surface area contributed by atoms with Gasteiger partial charge in [0, 0.05) is 27.3 Å². The van der Waals surface area contributed by atoms with Crippen LogP contribution in [0.2, 0.25) is 0 Å². The van der Waals surface area contributed by atoms with Crippen LogP contribution in [0.5, 0.6) is 0 Å². The largest absolute Gasteiger partial charge is 0.435 e. The predicted molar refractivity (Wildman–Crippen MR) is 127 cm³/mol. The zero-order valence-electron chi connectivity index (χ0n) is 18.4. The molecular weight excluding hydrogens is 550 g/mol. The van der Waals surface area contributed by atoms with Gasteiger partial charge < -0.3 is 15.5 Å². The number of oxime groups is 1. The summed E-state index contributed by atoms with van der Waals surface area (Å²) in [5, 5.41) is 9.00. The van der Waals surface area contributed by atoms with Crippen molar-refractivity contribution in [1.82, 2.24) is 5.32 Å². The Kier molecular flexibility index (Phi) is 7.06. The molecule has 0 fully saturated rings. The molecule has 0 spiro atoms. The van der Waals surface area contributed by atoms with Crippen molar-refractivity contribution < 1.29 is 27.6 Å². The minimum atomic E-state index is -4.68. The second-order valence-corrected chi connectivity index (χ2v) is 9.36. The van der Waals surface area contributed by atoms with Crippen LogP contribution >= 0.6 is 22.6 Å². The van der Waals surface area contributed by atoms with E-state index in [0.29, 0.717) is 14.8 Å². The normalized spacial score (nSPS) is 18.0. The fourth-order valence-corrected chi connectivity index (χ4v) is 4.32. The highest BCUT2D eigenvalue weighted by Gasteiger charge is 2.61. The number of carbonyl (C=O) groups excluding carboxylic acids is 2. The standard InChI is InChI=1S/C23H23F3IN3O3/c1-12(2)28-20(31)16-6-5-7-17(27)19(16)21(32)29-18-9-8-15(10-13(18)3)22(23(24,25)26)11-14(4)30-33-22/h5-10,12H,11H2,1-4H3,(H,28,31)(H,29,32). The quantitative estimate of drug-likeness (QED) is 0.461. The molecular formula is C23H23F3IN3O3. The fourth-order valence-electron chi connectivity index (χ4n) is 3.58. The number of carbonyl (C=O) groups is 2. The van der Waals surface area contributed by atoms with Gasteiger partial charge in [0.05, 0.1) is 16.8 Å². The van der Waals surface area contributed by atoms with Gasteiger partial charge in [-0.1, -0.05) is 17.3 Å². The van der Waals surface area contributed by atoms with E-state index in [1.54, 1.807) is 25.1 Å². The topological polar surface area (TPSA) is 79.8 Å². The number of alkyl halides is 3. The van der Waals surface area contributed by atoms with E-state index in [0.717, 1.165) is 0 Å². The summed E-state index contributed by atoms with van der Waals surface area (Å²) in [6.45, 7) is 6.69. The predicted octanol–water partition coefficient (Wildman–Crippen LogP) is 5.54. The minimum absolute atomic E-state index is 0.0996. The van der Waals surface area contributed by atoms with Gasteiger partial charge in [-0.2, -0.15) is 13.2 Å². The van der Waals surface area contributed by atoms with Crippen molar-refractivity contribution in [2.45, 2.75) is 51.9 Å². The van der Waals surface area contributed by atoms with Gasteiger partial charge in [-0.25, -0.2) is 0 Å². The lowest BCUT2D eigenvalue weighted by atomic mass is 9.87. The molecule has 0 aromatic heterocycles. The lowest BCUT2D eigenvalue weighted by Gasteiger charge is -2.30. The molecule has 10 heteroatoms. The molecule has 2 amide bonds. The van der Waals surface area contributed by atoms with Crippen molar-refractivity contribution in [3.05, 3.63) is 62.2 Å². The van der Waals surface area contributed by atoms with E-state index in [4.69, 9.17) is 4.84 Å². The van der Waals surface area contributed by atoms with Crippen LogP contribution in [0, 0.1) is 10.5 Å². The maximum atomic E-state index is 13.9. The number of anilines is 1. The number of aryl methyl sites for hydroxylation is 1. The molecule has 1 atom stereocenters. The zero-order valence-corrected chi connectivity index (χ0v) is 20.6. The van der Waals surface area contributed by atoms with Crippen molar-refractivity contribution in [2.75, 3.05) is 5.32 Å². The lowest BCUT2D eigenvalue weighted by molar-refractivity contribution is -0.275. The Labute approximate surface area is 203 Å². The summed E-state index contributed by atoms with van der Waals surface area (Å²) in [6, 6.07) is 8.81. The van der Waals surface area contributed by atoms with Crippen LogP contribution in [0.15, 0.2) is 41.6 Å². The summed E-state index contributed by atoms with van der Waals surface area (Å²) in [4.78, 5) is 30.5. The van der Waals surface area contributed by atoms with E-state index in [2.05, 4.69) is 15.8 Å². The van der Waals surface area contributed by atoms with E-state index in [-0.39, 0.29) is 34.4 Å². The Morgan fingerprint density at radius 1 is 1.15 bits per heavy atom. The summed E-state index contributed by atoms with van der Waals surface area (Å²) in [6.07, 6.45) is -5.08. The highest BCUT2D eigenvalue weighted by molar-refractivity contribution is 14.1. The third-order valence-corrected chi connectivity index (χ3v) is 6.06. The Hall–Kier alpha value is -2.63. The van der Waals surface area contributed by atoms with Crippen molar-refractivity contribution in [3.63, 3.8) is 0 Å². The van der Waals surface area contributed by atoms with Gasteiger partial charge in [-0.05, 0) is 80.1 Å². The Balaban J connectivity index is 1.92. The van der Waals surface area contributed by atoms with Crippen LogP contribution in [0.4, 0.5) is 18.9 Å². The summed E-state index contributed by atoms with van der Waals surface area (Å²) in [7, 11) is 0. The average molecular weight is 573 g/mol. The maximum Gasteiger partial charge on any atom is 0.435 e. The molecule has 0 saturated heterocycles. The molecule has 0 radical (unpaired) electrons. The molecule has 2 N–H and O–H groups in total. The van der Waals surface area contributed by atoms with Crippen molar-refractivity contribution in [3.8, 4) is 0 Å². The summed E-state index contributed by atoms with van der Waals surface area (Å²) < 4.78 is 42.2. The van der Waals surface area contributed by atoms with E-state index in [1.165, 1.54) is 25.1 Å². The number of rotatable bonds is 5. The van der Waals surface area contributed by atoms with Gasteiger partial charge in [0.1, 0.15) is 0 Å². The first-order valence-electron chi connectivity index (χ1n) is 10.2. The number of hydrogen-bond acceptors (Lipinski definition) is 4. The molecule has 1 aliphatic heterocycles. The summed E-state index contributed by atoms with van der Waals surface area (Å²) in [5.74, 6) is -0.923. The van der Waals surface area contributed by atoms with Crippen molar-refractivity contribution in [2.24, 2.45) is 5.16 Å². The highest BCUT2D eigenvalue weighted by atomic mass is 127. The minimum Gasteiger partial charge on any atom is -0.374 e. The van der Waals surface area contributed by atoms with Gasteiger partial charge in [-0.3, -0.25) is 9.59 Å². The summed E-state index contributed by atoms with van der Waals surface area (Å²) in [5.41, 5.74) is -1.27. The first-order chi connectivity index (χ1) is 15.4. The first kappa shape index (κ1) is 25.0. The SMILES string of the molecule is CC1=NOC(c2ccc(NC(=O)c3c(I)cccc3C(=O)NC(C)C)c(C)c2)(C(F)(F)F)C1. The second-order valence-electron chi connectivity index (χ2n) is 8.19. The third kappa shape index (κ3) is 4.99. The van der Waals surface area contributed by atoms with Gasteiger partial charge >= 0.3 is 6.18 Å². The van der Waals surface area contributed by atoms with Crippen LogP contribution in [0.25, 0.3) is 0 Å². The smallest absolute Gasteiger partial charge is 0.374 e. The van der Waals surface area contributed by atoms with Crippen molar-refractivity contribution >= 4 is 45.8 Å². The van der Waals surface area contributed by atoms with E-state index in [9.17, 15) is 22.8 Å². The summed E-state index contributed by atoms with van der Waals surface area (Å²) >= 11 is 1.97. The molecule has 3 rings (SSSR count). The van der Waals surface area contributed by atoms with E-state index >= 15 is 0 Å². The Morgan fingerprint density at radius 3 is 2.39 bits per heavy atom.